The van der Waals surface area contributed by atoms with Crippen LogP contribution in [0.3, 0.4) is 0 Å². The summed E-state index contributed by atoms with van der Waals surface area (Å²) < 4.78 is 1.59. The molecule has 0 radical (unpaired) electrons. The number of nitrogens with zero attached hydrogens (tertiary/aromatic N) is 3. The van der Waals surface area contributed by atoms with Crippen molar-refractivity contribution in [2.75, 3.05) is 0 Å². The van der Waals surface area contributed by atoms with E-state index in [1.165, 1.54) is 0 Å². The summed E-state index contributed by atoms with van der Waals surface area (Å²) in [4.78, 5) is 4.25. The molecule has 4 heteroatoms. The van der Waals surface area contributed by atoms with Crippen molar-refractivity contribution in [1.82, 2.24) is 14.8 Å². The van der Waals surface area contributed by atoms with Crippen LogP contribution in [0.5, 0.6) is 5.75 Å². The topological polar surface area (TPSA) is 50.9 Å². The molecule has 2 rings (SSSR count). The van der Waals surface area contributed by atoms with Gasteiger partial charge in [0.15, 0.2) is 5.82 Å². The first-order chi connectivity index (χ1) is 7.48. The van der Waals surface area contributed by atoms with Crippen molar-refractivity contribution in [1.29, 1.82) is 0 Å². The first-order valence-corrected chi connectivity index (χ1v) is 5.19. The van der Waals surface area contributed by atoms with Crippen LogP contribution < -0.4 is 0 Å². The van der Waals surface area contributed by atoms with Crippen molar-refractivity contribution < 1.29 is 5.11 Å². The summed E-state index contributed by atoms with van der Waals surface area (Å²) in [6, 6.07) is 7.07. The van der Waals surface area contributed by atoms with Crippen LogP contribution in [0.1, 0.15) is 26.6 Å². The Kier molecular flexibility index (Phi) is 2.42. The average molecular weight is 217 g/mol. The molecule has 4 nitrogen and oxygen atoms in total. The predicted molar refractivity (Wildman–Crippen MR) is 61.7 cm³/mol. The van der Waals surface area contributed by atoms with Crippen LogP contribution in [0.15, 0.2) is 30.6 Å². The lowest BCUT2D eigenvalue weighted by molar-refractivity contribution is 0.469. The molecule has 0 unspecified atom stereocenters. The molecule has 16 heavy (non-hydrogen) atoms. The molecule has 84 valence electrons. The summed E-state index contributed by atoms with van der Waals surface area (Å²) in [5, 5.41) is 14.0. The predicted octanol–water partition coefficient (Wildman–Crippen LogP) is 2.27. The highest BCUT2D eigenvalue weighted by molar-refractivity contribution is 5.44. The zero-order valence-electron chi connectivity index (χ0n) is 9.68. The summed E-state index contributed by atoms with van der Waals surface area (Å²) >= 11 is 0. The fraction of sp³-hybridized carbons (Fsp3) is 0.333. The maximum atomic E-state index is 9.69. The molecule has 1 aromatic heterocycles. The van der Waals surface area contributed by atoms with Crippen LogP contribution in [-0.2, 0) is 5.41 Å². The fourth-order valence-corrected chi connectivity index (χ4v) is 1.38. The molecule has 0 aliphatic heterocycles. The lowest BCUT2D eigenvalue weighted by atomic mass is 9.96. The second kappa shape index (κ2) is 3.63. The summed E-state index contributed by atoms with van der Waals surface area (Å²) in [5.74, 6) is 0.962. The molecular weight excluding hydrogens is 202 g/mol. The van der Waals surface area contributed by atoms with Crippen molar-refractivity contribution in [2.24, 2.45) is 0 Å². The largest absolute Gasteiger partial charge is 0.506 e. The maximum Gasteiger partial charge on any atom is 0.156 e. The molecule has 2 aromatic rings. The van der Waals surface area contributed by atoms with Crippen molar-refractivity contribution in [3.8, 4) is 11.4 Å². The van der Waals surface area contributed by atoms with E-state index in [2.05, 4.69) is 30.9 Å². The van der Waals surface area contributed by atoms with Crippen molar-refractivity contribution in [3.63, 3.8) is 0 Å². The van der Waals surface area contributed by atoms with E-state index in [-0.39, 0.29) is 11.2 Å². The SMILES string of the molecule is CC(C)(C)c1ncn(-c2ccccc2O)n1. The summed E-state index contributed by atoms with van der Waals surface area (Å²) in [6.07, 6.45) is 1.62. The number of phenolic OH excluding ortho intramolecular Hbond substituents is 1. The van der Waals surface area contributed by atoms with Crippen molar-refractivity contribution >= 4 is 0 Å². The second-order valence-corrected chi connectivity index (χ2v) is 4.75. The maximum absolute atomic E-state index is 9.69. The molecule has 0 aliphatic carbocycles. The van der Waals surface area contributed by atoms with E-state index in [1.807, 2.05) is 6.07 Å². The normalized spacial score (nSPS) is 11.7. The third-order valence-electron chi connectivity index (χ3n) is 2.29. The van der Waals surface area contributed by atoms with Crippen molar-refractivity contribution in [3.05, 3.63) is 36.4 Å². The average Bonchev–Trinajstić information content (AvgIpc) is 2.66. The number of phenols is 1. The number of rotatable bonds is 1. The zero-order chi connectivity index (χ0) is 11.8. The van der Waals surface area contributed by atoms with Gasteiger partial charge in [-0.25, -0.2) is 9.67 Å². The summed E-state index contributed by atoms with van der Waals surface area (Å²) in [5.41, 5.74) is 0.556. The Morgan fingerprint density at radius 2 is 1.88 bits per heavy atom. The van der Waals surface area contributed by atoms with Gasteiger partial charge in [0.05, 0.1) is 0 Å². The van der Waals surface area contributed by atoms with Crippen LogP contribution in [0.25, 0.3) is 5.69 Å². The Bertz CT molecular complexity index is 497. The second-order valence-electron chi connectivity index (χ2n) is 4.75. The Morgan fingerprint density at radius 3 is 2.44 bits per heavy atom. The van der Waals surface area contributed by atoms with E-state index in [4.69, 9.17) is 0 Å². The van der Waals surface area contributed by atoms with Gasteiger partial charge in [0, 0.05) is 5.41 Å². The Labute approximate surface area is 94.6 Å². The van der Waals surface area contributed by atoms with E-state index < -0.39 is 0 Å². The molecule has 0 spiro atoms. The molecule has 0 aliphatic rings. The van der Waals surface area contributed by atoms with Crippen LogP contribution in [-0.4, -0.2) is 19.9 Å². The van der Waals surface area contributed by atoms with Gasteiger partial charge in [0.2, 0.25) is 0 Å². The minimum absolute atomic E-state index is 0.0876. The van der Waals surface area contributed by atoms with Crippen LogP contribution in [0.2, 0.25) is 0 Å². The van der Waals surface area contributed by atoms with Gasteiger partial charge in [-0.1, -0.05) is 32.9 Å². The molecule has 1 N–H and O–H groups in total. The first-order valence-electron chi connectivity index (χ1n) is 5.19. The van der Waals surface area contributed by atoms with Gasteiger partial charge < -0.3 is 5.11 Å². The molecular formula is C12H15N3O. The molecule has 1 aromatic carbocycles. The minimum atomic E-state index is -0.0876. The number of hydrogen-bond acceptors (Lipinski definition) is 3. The Hall–Kier alpha value is -1.84. The van der Waals surface area contributed by atoms with Gasteiger partial charge in [-0.15, -0.1) is 0 Å². The van der Waals surface area contributed by atoms with Gasteiger partial charge in [-0.3, -0.25) is 0 Å². The van der Waals surface area contributed by atoms with Crippen LogP contribution in [0, 0.1) is 0 Å². The number of aromatic hydroxyl groups is 1. The third-order valence-corrected chi connectivity index (χ3v) is 2.29. The van der Waals surface area contributed by atoms with E-state index in [0.29, 0.717) is 5.69 Å². The Morgan fingerprint density at radius 1 is 1.19 bits per heavy atom. The van der Waals surface area contributed by atoms with Gasteiger partial charge in [-0.05, 0) is 12.1 Å². The summed E-state index contributed by atoms with van der Waals surface area (Å²) in [6.45, 7) is 6.16. The number of para-hydroxylation sites is 2. The molecule has 1 heterocycles. The van der Waals surface area contributed by atoms with E-state index in [1.54, 1.807) is 29.2 Å². The number of hydrogen-bond donors (Lipinski definition) is 1. The number of benzene rings is 1. The molecule has 0 saturated carbocycles. The fourth-order valence-electron chi connectivity index (χ4n) is 1.38. The Balaban J connectivity index is 2.44. The summed E-state index contributed by atoms with van der Waals surface area (Å²) in [7, 11) is 0. The van der Waals surface area contributed by atoms with Crippen LogP contribution in [0.4, 0.5) is 0 Å². The van der Waals surface area contributed by atoms with E-state index in [0.717, 1.165) is 5.82 Å². The van der Waals surface area contributed by atoms with Gasteiger partial charge in [-0.2, -0.15) is 5.10 Å². The zero-order valence-corrected chi connectivity index (χ0v) is 9.68. The molecule has 0 saturated heterocycles. The van der Waals surface area contributed by atoms with E-state index >= 15 is 0 Å². The van der Waals surface area contributed by atoms with Gasteiger partial charge in [0.1, 0.15) is 17.8 Å². The lowest BCUT2D eigenvalue weighted by Gasteiger charge is -2.12. The highest BCUT2D eigenvalue weighted by Gasteiger charge is 2.19. The van der Waals surface area contributed by atoms with Gasteiger partial charge >= 0.3 is 0 Å². The molecule has 0 bridgehead atoms. The highest BCUT2D eigenvalue weighted by atomic mass is 16.3. The third kappa shape index (κ3) is 1.91. The van der Waals surface area contributed by atoms with Crippen molar-refractivity contribution in [2.45, 2.75) is 26.2 Å². The molecule has 0 atom stereocenters. The lowest BCUT2D eigenvalue weighted by Crippen LogP contribution is -2.14. The standard InChI is InChI=1S/C12H15N3O/c1-12(2,3)11-13-8-15(14-11)9-6-4-5-7-10(9)16/h4-8,16H,1-3H3. The monoisotopic (exact) mass is 217 g/mol. The smallest absolute Gasteiger partial charge is 0.156 e. The van der Waals surface area contributed by atoms with Crippen LogP contribution >= 0.6 is 0 Å². The highest BCUT2D eigenvalue weighted by Crippen LogP contribution is 2.22. The van der Waals surface area contributed by atoms with E-state index in [9.17, 15) is 5.11 Å². The molecule has 0 fully saturated rings. The first kappa shape index (κ1) is 10.7. The quantitative estimate of drug-likeness (QED) is 0.797. The van der Waals surface area contributed by atoms with Gasteiger partial charge in [0.25, 0.3) is 0 Å². The molecule has 0 amide bonds. The minimum Gasteiger partial charge on any atom is -0.506 e. The number of aromatic nitrogens is 3.